The molecule has 1 atom stereocenters. The summed E-state index contributed by atoms with van der Waals surface area (Å²) >= 11 is 0. The maximum Gasteiger partial charge on any atom is 0.367 e. The first-order chi connectivity index (χ1) is 16.3. The molecule has 0 bridgehead atoms. The number of amides is 2. The largest absolute Gasteiger partial charge is 0.505 e. The molecule has 13 heteroatoms. The number of phenols is 1. The predicted octanol–water partition coefficient (Wildman–Crippen LogP) is 1.91. The van der Waals surface area contributed by atoms with Gasteiger partial charge in [-0.3, -0.25) is 9.59 Å². The van der Waals surface area contributed by atoms with Crippen LogP contribution in [0.2, 0.25) is 0 Å². The van der Waals surface area contributed by atoms with Crippen molar-refractivity contribution in [2.75, 3.05) is 33.5 Å². The fourth-order valence-electron chi connectivity index (χ4n) is 3.37. The molecule has 2 aromatic rings. The van der Waals surface area contributed by atoms with E-state index in [0.29, 0.717) is 23.5 Å². The number of phenolic OH excluding ortho intramolecular Hbond substituents is 1. The average Bonchev–Trinajstić information content (AvgIpc) is 3.30. The van der Waals surface area contributed by atoms with E-state index >= 15 is 0 Å². The molecule has 0 spiro atoms. The summed E-state index contributed by atoms with van der Waals surface area (Å²) in [4.78, 5) is 27.4. The Morgan fingerprint density at radius 3 is 2.26 bits per heavy atom. The molecule has 35 heavy (non-hydrogen) atoms. The molecule has 1 aromatic carbocycles. The number of nitrogens with zero attached hydrogens (tertiary/aromatic N) is 4. The maximum absolute atomic E-state index is 12.4. The van der Waals surface area contributed by atoms with Gasteiger partial charge < -0.3 is 30.0 Å². The second-order valence-electron chi connectivity index (χ2n) is 8.28. The third kappa shape index (κ3) is 5.45. The maximum atomic E-state index is 12.4. The smallest absolute Gasteiger partial charge is 0.367 e. The van der Waals surface area contributed by atoms with Crippen LogP contribution in [0.25, 0.3) is 0 Å². The van der Waals surface area contributed by atoms with E-state index in [1.807, 2.05) is 6.92 Å². The van der Waals surface area contributed by atoms with Crippen LogP contribution >= 0.6 is 0 Å². The summed E-state index contributed by atoms with van der Waals surface area (Å²) in [6.45, 7) is 3.52. The number of aromatic hydroxyl groups is 1. The number of rotatable bonds is 6. The normalized spacial score (nSPS) is 15.1. The molecule has 1 aliphatic heterocycles. The molecule has 1 aliphatic rings. The van der Waals surface area contributed by atoms with E-state index in [1.54, 1.807) is 41.2 Å². The Balaban J connectivity index is 1.90. The number of benzene rings is 1. The van der Waals surface area contributed by atoms with Crippen LogP contribution in [0.4, 0.5) is 5.69 Å². The van der Waals surface area contributed by atoms with Gasteiger partial charge >= 0.3 is 10.2 Å². The molecule has 3 N–H and O–H groups in total. The molecule has 12 nitrogen and oxygen atoms in total. The Kier molecular flexibility index (Phi) is 7.19. The topological polar surface area (TPSA) is 157 Å². The fraction of sp³-hybridized carbons (Fsp3) is 0.364. The van der Waals surface area contributed by atoms with Gasteiger partial charge in [-0.2, -0.15) is 8.42 Å². The van der Waals surface area contributed by atoms with Crippen molar-refractivity contribution in [3.05, 3.63) is 46.9 Å². The summed E-state index contributed by atoms with van der Waals surface area (Å²) in [7, 11) is 2.17. The van der Waals surface area contributed by atoms with Crippen molar-refractivity contribution in [3.63, 3.8) is 0 Å². The summed E-state index contributed by atoms with van der Waals surface area (Å²) in [5, 5.41) is 16.3. The van der Waals surface area contributed by atoms with Crippen molar-refractivity contribution in [2.45, 2.75) is 26.3 Å². The van der Waals surface area contributed by atoms with Crippen molar-refractivity contribution in [3.8, 4) is 5.75 Å². The molecule has 2 heterocycles. The molecule has 0 fully saturated rings. The van der Waals surface area contributed by atoms with E-state index in [-0.39, 0.29) is 34.6 Å². The van der Waals surface area contributed by atoms with E-state index in [1.165, 1.54) is 28.0 Å². The zero-order valence-corrected chi connectivity index (χ0v) is 21.1. The highest BCUT2D eigenvalue weighted by Gasteiger charge is 2.29. The number of aryl methyl sites for hydroxylation is 1. The highest BCUT2D eigenvalue weighted by Crippen LogP contribution is 2.29. The van der Waals surface area contributed by atoms with Crippen LogP contribution < -0.4 is 10.6 Å². The van der Waals surface area contributed by atoms with Crippen LogP contribution in [0.3, 0.4) is 0 Å². The van der Waals surface area contributed by atoms with E-state index in [4.69, 9.17) is 4.42 Å². The molecule has 0 radical (unpaired) electrons. The van der Waals surface area contributed by atoms with Crippen molar-refractivity contribution >= 4 is 39.4 Å². The lowest BCUT2D eigenvalue weighted by Crippen LogP contribution is -2.36. The van der Waals surface area contributed by atoms with Gasteiger partial charge in [-0.05, 0) is 31.5 Å². The van der Waals surface area contributed by atoms with Gasteiger partial charge in [0.05, 0.1) is 22.9 Å². The van der Waals surface area contributed by atoms with Crippen LogP contribution in [0, 0.1) is 6.92 Å². The number of furan rings is 1. The first-order valence-electron chi connectivity index (χ1n) is 10.7. The SMILES string of the molecule is CC[C@@H](NC1=NS(=O)(=O)N=C1Nc1cccc(C(=O)N(C)C)c1O)c1cc(C(=O)N(C)C)c(C)o1. The Labute approximate surface area is 203 Å². The number of carbonyl (C=O) groups is 2. The van der Waals surface area contributed by atoms with Crippen molar-refractivity contribution in [1.82, 2.24) is 15.1 Å². The molecule has 0 saturated heterocycles. The van der Waals surface area contributed by atoms with Crippen LogP contribution in [0.5, 0.6) is 5.75 Å². The van der Waals surface area contributed by atoms with Gasteiger partial charge in [0.1, 0.15) is 11.5 Å². The number of amidine groups is 2. The summed E-state index contributed by atoms with van der Waals surface area (Å²) in [5.74, 6) is -0.433. The zero-order chi connectivity index (χ0) is 26.1. The molecule has 1 aromatic heterocycles. The summed E-state index contributed by atoms with van der Waals surface area (Å²) < 4.78 is 37.4. The van der Waals surface area contributed by atoms with Crippen LogP contribution in [-0.4, -0.2) is 75.0 Å². The quantitative estimate of drug-likeness (QED) is 0.504. The number of carbonyl (C=O) groups excluding carboxylic acids is 2. The molecular formula is C22H28N6O6S. The molecular weight excluding hydrogens is 476 g/mol. The predicted molar refractivity (Wildman–Crippen MR) is 131 cm³/mol. The highest BCUT2D eigenvalue weighted by molar-refractivity contribution is 7.89. The van der Waals surface area contributed by atoms with Gasteiger partial charge in [0.2, 0.25) is 0 Å². The monoisotopic (exact) mass is 504 g/mol. The van der Waals surface area contributed by atoms with E-state index in [2.05, 4.69) is 19.4 Å². The van der Waals surface area contributed by atoms with E-state index < -0.39 is 22.2 Å². The van der Waals surface area contributed by atoms with Crippen molar-refractivity contribution in [1.29, 1.82) is 0 Å². The Bertz CT molecular complexity index is 1330. The number of hydrogen-bond acceptors (Lipinski definition) is 8. The Morgan fingerprint density at radius 1 is 1.06 bits per heavy atom. The summed E-state index contributed by atoms with van der Waals surface area (Å²) in [6.07, 6.45) is 0.465. The number of hydrogen-bond donors (Lipinski definition) is 3. The van der Waals surface area contributed by atoms with E-state index in [0.717, 1.165) is 0 Å². The molecule has 3 rings (SSSR count). The lowest BCUT2D eigenvalue weighted by atomic mass is 10.1. The molecule has 2 amide bonds. The highest BCUT2D eigenvalue weighted by atomic mass is 32.2. The minimum atomic E-state index is -4.18. The number of para-hydroxylation sites is 1. The zero-order valence-electron chi connectivity index (χ0n) is 20.3. The van der Waals surface area contributed by atoms with Gasteiger partial charge in [0.25, 0.3) is 11.8 Å². The van der Waals surface area contributed by atoms with Crippen LogP contribution in [0.1, 0.15) is 51.6 Å². The van der Waals surface area contributed by atoms with Crippen LogP contribution in [0.15, 0.2) is 37.5 Å². The average molecular weight is 505 g/mol. The second-order valence-corrected chi connectivity index (χ2v) is 9.54. The van der Waals surface area contributed by atoms with Crippen LogP contribution in [-0.2, 0) is 10.2 Å². The standard InChI is InChI=1S/C22H28N6O6S/c1-7-15(17-11-14(12(2)34-17)22(31)28(5)6)23-19-20(26-35(32,33)25-19)24-16-10-8-9-13(18(16)29)21(30)27(3)4/h8-11,15,29H,7H2,1-6H3,(H,23,25)(H,24,26)/t15-/m1/s1. The van der Waals surface area contributed by atoms with Gasteiger partial charge in [0, 0.05) is 28.2 Å². The summed E-state index contributed by atoms with van der Waals surface area (Å²) in [6, 6.07) is 5.53. The number of nitrogens with one attached hydrogen (secondary N) is 2. The Hall–Kier alpha value is -3.87. The molecule has 0 unspecified atom stereocenters. The lowest BCUT2D eigenvalue weighted by molar-refractivity contribution is 0.0817. The fourth-order valence-corrected chi connectivity index (χ4v) is 4.14. The molecule has 0 saturated carbocycles. The van der Waals surface area contributed by atoms with Gasteiger partial charge in [0.15, 0.2) is 17.4 Å². The minimum absolute atomic E-state index is 0.0310. The first kappa shape index (κ1) is 25.7. The Morgan fingerprint density at radius 2 is 1.66 bits per heavy atom. The third-order valence-corrected chi connectivity index (χ3v) is 6.03. The molecule has 188 valence electrons. The molecule has 0 aliphatic carbocycles. The number of anilines is 1. The van der Waals surface area contributed by atoms with Crippen molar-refractivity contribution in [2.24, 2.45) is 8.80 Å². The first-order valence-corrected chi connectivity index (χ1v) is 12.1. The lowest BCUT2D eigenvalue weighted by Gasteiger charge is -2.18. The second kappa shape index (κ2) is 9.78. The third-order valence-electron chi connectivity index (χ3n) is 5.20. The summed E-state index contributed by atoms with van der Waals surface area (Å²) in [5.41, 5.74) is 0.498. The minimum Gasteiger partial charge on any atom is -0.505 e. The van der Waals surface area contributed by atoms with Gasteiger partial charge in [-0.25, -0.2) is 0 Å². The van der Waals surface area contributed by atoms with Gasteiger partial charge in [-0.1, -0.05) is 13.0 Å². The van der Waals surface area contributed by atoms with Crippen molar-refractivity contribution < 1.29 is 27.5 Å². The van der Waals surface area contributed by atoms with E-state index in [9.17, 15) is 23.1 Å². The van der Waals surface area contributed by atoms with Gasteiger partial charge in [-0.15, -0.1) is 8.80 Å².